The topological polar surface area (TPSA) is 58.8 Å². The van der Waals surface area contributed by atoms with Crippen molar-refractivity contribution in [1.29, 1.82) is 0 Å². The molecule has 1 atom stereocenters. The van der Waals surface area contributed by atoms with E-state index in [-0.39, 0.29) is 0 Å². The molecule has 2 heterocycles. The Bertz CT molecular complexity index is 489. The molecule has 5 heteroatoms. The second-order valence-electron chi connectivity index (χ2n) is 5.04. The van der Waals surface area contributed by atoms with E-state index in [1.54, 1.807) is 7.11 Å². The summed E-state index contributed by atoms with van der Waals surface area (Å²) in [5, 5.41) is 13.3. The van der Waals surface area contributed by atoms with Gasteiger partial charge in [-0.15, -0.1) is 0 Å². The monoisotopic (exact) mass is 263 g/mol. The van der Waals surface area contributed by atoms with Crippen LogP contribution in [-0.2, 0) is 11.3 Å². The third-order valence-electron chi connectivity index (χ3n) is 3.07. The highest BCUT2D eigenvalue weighted by atomic mass is 16.5. The van der Waals surface area contributed by atoms with Crippen LogP contribution in [0.2, 0.25) is 0 Å². The summed E-state index contributed by atoms with van der Waals surface area (Å²) in [6.07, 6.45) is 4.58. The number of aliphatic hydroxyl groups is 1. The molecule has 0 fully saturated rings. The van der Waals surface area contributed by atoms with Gasteiger partial charge in [-0.1, -0.05) is 6.07 Å². The molecule has 2 N–H and O–H groups in total. The van der Waals surface area contributed by atoms with Gasteiger partial charge >= 0.3 is 0 Å². The van der Waals surface area contributed by atoms with Gasteiger partial charge in [0.2, 0.25) is 0 Å². The van der Waals surface area contributed by atoms with Gasteiger partial charge in [-0.3, -0.25) is 0 Å². The number of nitrogens with zero attached hydrogens (tertiary/aromatic N) is 2. The first kappa shape index (κ1) is 14.0. The van der Waals surface area contributed by atoms with Crippen molar-refractivity contribution in [3.63, 3.8) is 0 Å². The number of methoxy groups -OCH3 is 1. The number of pyridine rings is 1. The highest BCUT2D eigenvalue weighted by Crippen LogP contribution is 2.08. The first-order valence-electron chi connectivity index (χ1n) is 6.45. The van der Waals surface area contributed by atoms with Crippen LogP contribution in [0.4, 0.5) is 0 Å². The molecule has 19 heavy (non-hydrogen) atoms. The maximum absolute atomic E-state index is 10.1. The van der Waals surface area contributed by atoms with Crippen LogP contribution in [0.5, 0.6) is 0 Å². The summed E-state index contributed by atoms with van der Waals surface area (Å²) in [6, 6.07) is 5.91. The highest BCUT2D eigenvalue weighted by molar-refractivity contribution is 5.39. The summed E-state index contributed by atoms with van der Waals surface area (Å²) in [5.74, 6) is 0. The van der Waals surface area contributed by atoms with Crippen LogP contribution in [-0.4, -0.2) is 40.4 Å². The summed E-state index contributed by atoms with van der Waals surface area (Å²) in [5.41, 5.74) is 1.15. The maximum atomic E-state index is 10.1. The molecule has 0 amide bonds. The normalized spacial score (nSPS) is 14.7. The number of hydrogen-bond donors (Lipinski definition) is 2. The average Bonchev–Trinajstić information content (AvgIpc) is 2.78. The van der Waals surface area contributed by atoms with E-state index in [0.717, 1.165) is 11.3 Å². The van der Waals surface area contributed by atoms with Crippen molar-refractivity contribution >= 4 is 5.65 Å². The Balaban J connectivity index is 1.85. The largest absolute Gasteiger partial charge is 0.389 e. The van der Waals surface area contributed by atoms with Crippen LogP contribution < -0.4 is 5.32 Å². The number of imidazole rings is 1. The first-order valence-corrected chi connectivity index (χ1v) is 6.45. The summed E-state index contributed by atoms with van der Waals surface area (Å²) in [4.78, 5) is 4.49. The van der Waals surface area contributed by atoms with Crippen molar-refractivity contribution in [3.05, 3.63) is 36.3 Å². The Labute approximate surface area is 113 Å². The maximum Gasteiger partial charge on any atom is 0.137 e. The Hall–Kier alpha value is -1.43. The van der Waals surface area contributed by atoms with E-state index in [2.05, 4.69) is 10.3 Å². The van der Waals surface area contributed by atoms with Crippen molar-refractivity contribution in [2.45, 2.75) is 25.5 Å². The number of rotatable bonds is 7. The van der Waals surface area contributed by atoms with Crippen LogP contribution >= 0.6 is 0 Å². The lowest BCUT2D eigenvalue weighted by Gasteiger charge is -2.23. The first-order chi connectivity index (χ1) is 9.11. The Kier molecular flexibility index (Phi) is 4.52. The van der Waals surface area contributed by atoms with Gasteiger partial charge in [0.1, 0.15) is 5.65 Å². The standard InChI is InChI=1S/C14H21N3O2/c1-14(18,6-8-19-2)11-15-9-12-10-17-7-4-3-5-13(17)16-12/h3-5,7,10,15,18H,6,8-9,11H2,1-2H3. The van der Waals surface area contributed by atoms with Crippen LogP contribution in [0, 0.1) is 0 Å². The second kappa shape index (κ2) is 6.14. The highest BCUT2D eigenvalue weighted by Gasteiger charge is 2.19. The van der Waals surface area contributed by atoms with E-state index in [1.807, 2.05) is 41.9 Å². The van der Waals surface area contributed by atoms with Gasteiger partial charge in [0, 0.05) is 45.6 Å². The number of hydrogen-bond acceptors (Lipinski definition) is 4. The van der Waals surface area contributed by atoms with Gasteiger partial charge in [0.05, 0.1) is 11.3 Å². The molecule has 2 rings (SSSR count). The third-order valence-corrected chi connectivity index (χ3v) is 3.07. The zero-order valence-corrected chi connectivity index (χ0v) is 11.5. The number of ether oxygens (including phenoxy) is 1. The minimum atomic E-state index is -0.755. The molecule has 5 nitrogen and oxygen atoms in total. The van der Waals surface area contributed by atoms with E-state index in [9.17, 15) is 5.11 Å². The lowest BCUT2D eigenvalue weighted by molar-refractivity contribution is 0.0247. The SMILES string of the molecule is COCCC(C)(O)CNCc1cn2ccccc2n1. The predicted molar refractivity (Wildman–Crippen MR) is 74.0 cm³/mol. The van der Waals surface area contributed by atoms with Crippen LogP contribution in [0.1, 0.15) is 19.0 Å². The summed E-state index contributed by atoms with van der Waals surface area (Å²) >= 11 is 0. The zero-order chi connectivity index (χ0) is 13.7. The minimum absolute atomic E-state index is 0.518. The third kappa shape index (κ3) is 4.02. The lowest BCUT2D eigenvalue weighted by Crippen LogP contribution is -2.38. The number of fused-ring (bicyclic) bond motifs is 1. The fourth-order valence-corrected chi connectivity index (χ4v) is 1.94. The Morgan fingerprint density at radius 1 is 1.47 bits per heavy atom. The minimum Gasteiger partial charge on any atom is -0.389 e. The van der Waals surface area contributed by atoms with Crippen LogP contribution in [0.25, 0.3) is 5.65 Å². The smallest absolute Gasteiger partial charge is 0.137 e. The van der Waals surface area contributed by atoms with Crippen molar-refractivity contribution in [2.24, 2.45) is 0 Å². The Morgan fingerprint density at radius 3 is 3.05 bits per heavy atom. The Morgan fingerprint density at radius 2 is 2.32 bits per heavy atom. The van der Waals surface area contributed by atoms with E-state index >= 15 is 0 Å². The number of aromatic nitrogens is 2. The lowest BCUT2D eigenvalue weighted by atomic mass is 10.0. The summed E-state index contributed by atoms with van der Waals surface area (Å²) < 4.78 is 6.96. The molecule has 0 aliphatic rings. The molecule has 0 aliphatic heterocycles. The van der Waals surface area contributed by atoms with Gasteiger partial charge in [0.25, 0.3) is 0 Å². The van der Waals surface area contributed by atoms with Crippen molar-refractivity contribution in [1.82, 2.24) is 14.7 Å². The molecular weight excluding hydrogens is 242 g/mol. The fourth-order valence-electron chi connectivity index (χ4n) is 1.94. The molecule has 0 aliphatic carbocycles. The van der Waals surface area contributed by atoms with Crippen molar-refractivity contribution in [3.8, 4) is 0 Å². The van der Waals surface area contributed by atoms with Gasteiger partial charge in [-0.25, -0.2) is 4.98 Å². The molecule has 0 bridgehead atoms. The summed E-state index contributed by atoms with van der Waals surface area (Å²) in [6.45, 7) is 3.53. The van der Waals surface area contributed by atoms with E-state index < -0.39 is 5.60 Å². The van der Waals surface area contributed by atoms with Gasteiger partial charge in [-0.2, -0.15) is 0 Å². The fraction of sp³-hybridized carbons (Fsp3) is 0.500. The molecule has 0 radical (unpaired) electrons. The molecule has 0 aromatic carbocycles. The van der Waals surface area contributed by atoms with Gasteiger partial charge in [-0.05, 0) is 19.1 Å². The van der Waals surface area contributed by atoms with Gasteiger partial charge in [0.15, 0.2) is 0 Å². The molecule has 104 valence electrons. The molecule has 2 aromatic heterocycles. The van der Waals surface area contributed by atoms with E-state index in [1.165, 1.54) is 0 Å². The summed E-state index contributed by atoms with van der Waals surface area (Å²) in [7, 11) is 1.64. The molecule has 1 unspecified atom stereocenters. The predicted octanol–water partition coefficient (Wildman–Crippen LogP) is 1.21. The van der Waals surface area contributed by atoms with E-state index in [4.69, 9.17) is 4.74 Å². The van der Waals surface area contributed by atoms with Crippen molar-refractivity contribution < 1.29 is 9.84 Å². The molecule has 0 spiro atoms. The van der Waals surface area contributed by atoms with E-state index in [0.29, 0.717) is 26.1 Å². The quantitative estimate of drug-likeness (QED) is 0.788. The number of nitrogens with one attached hydrogen (secondary N) is 1. The van der Waals surface area contributed by atoms with Crippen LogP contribution in [0.15, 0.2) is 30.6 Å². The zero-order valence-electron chi connectivity index (χ0n) is 11.5. The van der Waals surface area contributed by atoms with Crippen LogP contribution in [0.3, 0.4) is 0 Å². The second-order valence-corrected chi connectivity index (χ2v) is 5.04. The molecular formula is C14H21N3O2. The van der Waals surface area contributed by atoms with Gasteiger partial charge < -0.3 is 19.6 Å². The van der Waals surface area contributed by atoms with Crippen molar-refractivity contribution in [2.75, 3.05) is 20.3 Å². The molecule has 0 saturated heterocycles. The molecule has 2 aromatic rings. The average molecular weight is 263 g/mol. The molecule has 0 saturated carbocycles.